The Bertz CT molecular complexity index is 496. The maximum absolute atomic E-state index is 8.69. The first-order valence-electron chi connectivity index (χ1n) is 6.52. The van der Waals surface area contributed by atoms with Gasteiger partial charge in [-0.2, -0.15) is 0 Å². The van der Waals surface area contributed by atoms with Crippen molar-refractivity contribution in [3.05, 3.63) is 29.8 Å². The first-order valence-corrected chi connectivity index (χ1v) is 7.51. The number of nitrogens with one attached hydrogen (secondary N) is 1. The van der Waals surface area contributed by atoms with Gasteiger partial charge in [-0.1, -0.05) is 48.0 Å². The van der Waals surface area contributed by atoms with Crippen molar-refractivity contribution in [2.45, 2.75) is 31.3 Å². The van der Waals surface area contributed by atoms with Gasteiger partial charge in [0.2, 0.25) is 5.16 Å². The molecule has 0 spiro atoms. The molecule has 0 saturated heterocycles. The minimum atomic E-state index is 0.281. The summed E-state index contributed by atoms with van der Waals surface area (Å²) in [5.41, 5.74) is 2.30. The maximum atomic E-state index is 8.69. The molecule has 0 aliphatic carbocycles. The summed E-state index contributed by atoms with van der Waals surface area (Å²) >= 11 is 1.65. The number of aliphatic hydroxyl groups is 1. The molecule has 5 heteroatoms. The van der Waals surface area contributed by atoms with Crippen molar-refractivity contribution in [2.75, 3.05) is 12.4 Å². The summed E-state index contributed by atoms with van der Waals surface area (Å²) in [6.07, 6.45) is 3.02. The van der Waals surface area contributed by atoms with Crippen LogP contribution in [0.2, 0.25) is 0 Å². The summed E-state index contributed by atoms with van der Waals surface area (Å²) in [4.78, 5) is 4.47. The van der Waals surface area contributed by atoms with E-state index in [2.05, 4.69) is 34.2 Å². The van der Waals surface area contributed by atoms with Gasteiger partial charge in [0.1, 0.15) is 0 Å². The molecule has 4 nitrogen and oxygen atoms in total. The number of rotatable bonds is 7. The second-order valence-electron chi connectivity index (χ2n) is 4.47. The highest BCUT2D eigenvalue weighted by Crippen LogP contribution is 2.20. The Balaban J connectivity index is 1.86. The number of benzene rings is 1. The van der Waals surface area contributed by atoms with Crippen LogP contribution in [0.3, 0.4) is 0 Å². The van der Waals surface area contributed by atoms with Crippen LogP contribution in [-0.2, 0) is 0 Å². The second-order valence-corrected chi connectivity index (χ2v) is 5.53. The SMILES string of the molecule is Cc1ccc(-c2nc(SCCCCCO)n[nH]2)cc1. The van der Waals surface area contributed by atoms with Crippen LogP contribution in [0.15, 0.2) is 29.4 Å². The molecule has 2 rings (SSSR count). The molecule has 0 aliphatic rings. The number of H-pyrrole nitrogens is 1. The highest BCUT2D eigenvalue weighted by molar-refractivity contribution is 7.99. The fraction of sp³-hybridized carbons (Fsp3) is 0.429. The minimum Gasteiger partial charge on any atom is -0.396 e. The molecule has 1 aromatic heterocycles. The van der Waals surface area contributed by atoms with Crippen LogP contribution in [0, 0.1) is 6.92 Å². The highest BCUT2D eigenvalue weighted by Gasteiger charge is 2.05. The van der Waals surface area contributed by atoms with Crippen molar-refractivity contribution in [3.63, 3.8) is 0 Å². The number of unbranched alkanes of at least 4 members (excludes halogenated alkanes) is 2. The molecule has 0 amide bonds. The van der Waals surface area contributed by atoms with Gasteiger partial charge in [-0.05, 0) is 19.8 Å². The number of thioether (sulfide) groups is 1. The topological polar surface area (TPSA) is 61.8 Å². The summed E-state index contributed by atoms with van der Waals surface area (Å²) in [6.45, 7) is 2.35. The van der Waals surface area contributed by atoms with E-state index in [1.807, 2.05) is 12.1 Å². The molecule has 1 heterocycles. The quantitative estimate of drug-likeness (QED) is 0.603. The average molecular weight is 277 g/mol. The van der Waals surface area contributed by atoms with E-state index in [4.69, 9.17) is 5.11 Å². The zero-order chi connectivity index (χ0) is 13.5. The molecule has 1 aromatic carbocycles. The van der Waals surface area contributed by atoms with E-state index in [0.29, 0.717) is 0 Å². The van der Waals surface area contributed by atoms with Crippen LogP contribution >= 0.6 is 11.8 Å². The van der Waals surface area contributed by atoms with Crippen LogP contribution in [0.5, 0.6) is 0 Å². The largest absolute Gasteiger partial charge is 0.396 e. The monoisotopic (exact) mass is 277 g/mol. The predicted molar refractivity (Wildman–Crippen MR) is 78.2 cm³/mol. The summed E-state index contributed by atoms with van der Waals surface area (Å²) < 4.78 is 0. The lowest BCUT2D eigenvalue weighted by Gasteiger charge is -1.97. The van der Waals surface area contributed by atoms with Gasteiger partial charge in [0.05, 0.1) is 0 Å². The van der Waals surface area contributed by atoms with E-state index >= 15 is 0 Å². The van der Waals surface area contributed by atoms with E-state index < -0.39 is 0 Å². The second kappa shape index (κ2) is 7.31. The fourth-order valence-electron chi connectivity index (χ4n) is 1.71. The lowest BCUT2D eigenvalue weighted by atomic mass is 10.1. The van der Waals surface area contributed by atoms with E-state index in [1.165, 1.54) is 5.56 Å². The van der Waals surface area contributed by atoms with Gasteiger partial charge in [-0.25, -0.2) is 4.98 Å². The Kier molecular flexibility index (Phi) is 5.42. The van der Waals surface area contributed by atoms with Crippen LogP contribution in [0.4, 0.5) is 0 Å². The van der Waals surface area contributed by atoms with E-state index in [1.54, 1.807) is 11.8 Å². The van der Waals surface area contributed by atoms with Crippen molar-refractivity contribution in [1.29, 1.82) is 0 Å². The number of aromatic nitrogens is 3. The van der Waals surface area contributed by atoms with Crippen molar-refractivity contribution in [1.82, 2.24) is 15.2 Å². The number of aryl methyl sites for hydroxylation is 1. The van der Waals surface area contributed by atoms with Crippen molar-refractivity contribution >= 4 is 11.8 Å². The molecule has 2 N–H and O–H groups in total. The lowest BCUT2D eigenvalue weighted by molar-refractivity contribution is 0.284. The number of aromatic amines is 1. The molecule has 0 atom stereocenters. The van der Waals surface area contributed by atoms with Gasteiger partial charge >= 0.3 is 0 Å². The standard InChI is InChI=1S/C14H19N3OS/c1-11-5-7-12(8-6-11)13-15-14(17-16-13)19-10-4-2-3-9-18/h5-8,18H,2-4,9-10H2,1H3,(H,15,16,17). The maximum Gasteiger partial charge on any atom is 0.208 e. The van der Waals surface area contributed by atoms with E-state index in [9.17, 15) is 0 Å². The Morgan fingerprint density at radius 3 is 2.68 bits per heavy atom. The number of hydrogen-bond acceptors (Lipinski definition) is 4. The predicted octanol–water partition coefficient (Wildman–Crippen LogP) is 3.03. The van der Waals surface area contributed by atoms with Gasteiger partial charge in [0.25, 0.3) is 0 Å². The van der Waals surface area contributed by atoms with Crippen molar-refractivity contribution in [2.24, 2.45) is 0 Å². The van der Waals surface area contributed by atoms with Gasteiger partial charge in [-0.15, -0.1) is 5.10 Å². The fourth-order valence-corrected chi connectivity index (χ4v) is 2.50. The molecule has 0 fully saturated rings. The summed E-state index contributed by atoms with van der Waals surface area (Å²) in [7, 11) is 0. The Labute approximate surface area is 117 Å². The molecule has 102 valence electrons. The van der Waals surface area contributed by atoms with Crippen LogP contribution < -0.4 is 0 Å². The number of aliphatic hydroxyl groups excluding tert-OH is 1. The Hall–Kier alpha value is -1.33. The number of hydrogen-bond donors (Lipinski definition) is 2. The van der Waals surface area contributed by atoms with Gasteiger partial charge in [0, 0.05) is 17.9 Å². The average Bonchev–Trinajstić information content (AvgIpc) is 2.88. The third-order valence-electron chi connectivity index (χ3n) is 2.82. The van der Waals surface area contributed by atoms with Gasteiger partial charge in [0.15, 0.2) is 5.82 Å². The first kappa shape index (κ1) is 14.1. The Morgan fingerprint density at radius 2 is 1.95 bits per heavy atom. The van der Waals surface area contributed by atoms with Crippen LogP contribution in [0.25, 0.3) is 11.4 Å². The van der Waals surface area contributed by atoms with E-state index in [-0.39, 0.29) is 6.61 Å². The Morgan fingerprint density at radius 1 is 1.16 bits per heavy atom. The molecule has 0 saturated carbocycles. The zero-order valence-electron chi connectivity index (χ0n) is 11.1. The number of nitrogens with zero attached hydrogens (tertiary/aromatic N) is 2. The van der Waals surface area contributed by atoms with Crippen molar-refractivity contribution in [3.8, 4) is 11.4 Å². The first-order chi connectivity index (χ1) is 9.29. The van der Waals surface area contributed by atoms with E-state index in [0.717, 1.165) is 41.6 Å². The molecule has 0 unspecified atom stereocenters. The normalized spacial score (nSPS) is 10.8. The summed E-state index contributed by atoms with van der Waals surface area (Å²) in [5.74, 6) is 1.81. The minimum absolute atomic E-state index is 0.281. The molecule has 0 radical (unpaired) electrons. The third kappa shape index (κ3) is 4.36. The van der Waals surface area contributed by atoms with Gasteiger partial charge in [-0.3, -0.25) is 5.10 Å². The van der Waals surface area contributed by atoms with Gasteiger partial charge < -0.3 is 5.11 Å². The van der Waals surface area contributed by atoms with Crippen LogP contribution in [-0.4, -0.2) is 32.6 Å². The van der Waals surface area contributed by atoms with Crippen molar-refractivity contribution < 1.29 is 5.11 Å². The zero-order valence-corrected chi connectivity index (χ0v) is 11.9. The highest BCUT2D eigenvalue weighted by atomic mass is 32.2. The molecule has 0 bridgehead atoms. The van der Waals surface area contributed by atoms with Crippen LogP contribution in [0.1, 0.15) is 24.8 Å². The molecule has 0 aliphatic heterocycles. The molecule has 2 aromatic rings. The molecular formula is C14H19N3OS. The smallest absolute Gasteiger partial charge is 0.208 e. The third-order valence-corrected chi connectivity index (χ3v) is 3.76. The summed E-state index contributed by atoms with van der Waals surface area (Å²) in [5, 5.41) is 16.7. The molecule has 19 heavy (non-hydrogen) atoms. The molecular weight excluding hydrogens is 258 g/mol. The lowest BCUT2D eigenvalue weighted by Crippen LogP contribution is -1.86. The summed E-state index contributed by atoms with van der Waals surface area (Å²) in [6, 6.07) is 8.23.